The molecule has 0 fully saturated rings. The van der Waals surface area contributed by atoms with Gasteiger partial charge in [0.2, 0.25) is 0 Å². The van der Waals surface area contributed by atoms with Gasteiger partial charge in [-0.05, 0) is 84.0 Å². The number of phenolic OH excluding ortho intramolecular Hbond substituents is 2. The summed E-state index contributed by atoms with van der Waals surface area (Å²) in [4.78, 5) is 18.5. The van der Waals surface area contributed by atoms with Crippen LogP contribution < -0.4 is 11.5 Å². The first-order chi connectivity index (χ1) is 33.4. The number of nitrogens with two attached hydrogens (primary N) is 2. The fraction of sp³-hybridized carbons (Fsp3) is 0.120. The number of allylic oxidation sites excluding steroid dienone is 12. The average Bonchev–Trinajstić information content (AvgIpc) is 4.20. The number of aliphatic imine (C=N–C) groups is 4. The Hall–Kier alpha value is -7.72. The molecule has 10 N–H and O–H groups in total. The van der Waals surface area contributed by atoms with Crippen molar-refractivity contribution in [3.63, 3.8) is 0 Å². The number of aliphatic hydroxyl groups is 4. The Morgan fingerprint density at radius 3 is 0.971 bits per heavy atom. The molecular weight excluding hydrogens is 933 g/mol. The molecule has 4 atom stereocenters. The highest BCUT2D eigenvalue weighted by Gasteiger charge is 2.38. The van der Waals surface area contributed by atoms with Crippen LogP contribution in [0.4, 0.5) is 35.1 Å². The molecule has 0 spiro atoms. The molecule has 0 saturated heterocycles. The number of benzene rings is 4. The molecule has 0 aliphatic carbocycles. The van der Waals surface area contributed by atoms with E-state index < -0.39 is 117 Å². The van der Waals surface area contributed by atoms with Crippen LogP contribution in [0.2, 0.25) is 0 Å². The quantitative estimate of drug-likeness (QED) is 0.0614. The normalized spacial score (nSPS) is 18.0. The van der Waals surface area contributed by atoms with E-state index in [1.165, 1.54) is 97.1 Å². The van der Waals surface area contributed by atoms with Gasteiger partial charge in [-0.2, -0.15) is 0 Å². The van der Waals surface area contributed by atoms with Gasteiger partial charge < -0.3 is 42.1 Å². The number of halogens is 8. The second-order valence-corrected chi connectivity index (χ2v) is 16.0. The minimum Gasteiger partial charge on any atom is -0.508 e. The molecule has 5 heterocycles. The van der Waals surface area contributed by atoms with Crippen molar-refractivity contribution in [2.45, 2.75) is 24.4 Å². The second kappa shape index (κ2) is 18.3. The maximum Gasteiger partial charge on any atom is 0.170 e. The van der Waals surface area contributed by atoms with Crippen LogP contribution in [0.25, 0.3) is 22.3 Å². The third kappa shape index (κ3) is 7.85. The van der Waals surface area contributed by atoms with Crippen LogP contribution >= 0.6 is 0 Å². The summed E-state index contributed by atoms with van der Waals surface area (Å²) in [6.45, 7) is -1.50. The van der Waals surface area contributed by atoms with Gasteiger partial charge >= 0.3 is 0 Å². The van der Waals surface area contributed by atoms with Gasteiger partial charge in [-0.3, -0.25) is 0 Å². The van der Waals surface area contributed by atoms with Crippen LogP contribution in [0.15, 0.2) is 140 Å². The molecule has 9 rings (SSSR count). The zero-order valence-electron chi connectivity index (χ0n) is 35.6. The molecule has 0 radical (unpaired) electrons. The molecular formula is C50H34F8N6O6. The lowest BCUT2D eigenvalue weighted by Gasteiger charge is -2.21. The Balaban J connectivity index is 1.40. The van der Waals surface area contributed by atoms with Gasteiger partial charge in [-0.25, -0.2) is 55.1 Å². The van der Waals surface area contributed by atoms with E-state index in [0.717, 1.165) is 0 Å². The highest BCUT2D eigenvalue weighted by molar-refractivity contribution is 6.39. The van der Waals surface area contributed by atoms with Gasteiger partial charge in [-0.1, -0.05) is 24.3 Å². The van der Waals surface area contributed by atoms with Crippen LogP contribution in [-0.2, 0) is 0 Å². The molecule has 0 amide bonds. The van der Waals surface area contributed by atoms with E-state index in [0.29, 0.717) is 0 Å². The Morgan fingerprint density at radius 1 is 0.400 bits per heavy atom. The highest BCUT2D eigenvalue weighted by Crippen LogP contribution is 2.43. The fourth-order valence-electron chi connectivity index (χ4n) is 8.41. The summed E-state index contributed by atoms with van der Waals surface area (Å²) in [5, 5.41) is 62.5. The maximum absolute atomic E-state index is 16.6. The van der Waals surface area contributed by atoms with Crippen molar-refractivity contribution in [3.05, 3.63) is 200 Å². The van der Waals surface area contributed by atoms with Gasteiger partial charge in [0.15, 0.2) is 46.5 Å². The average molecular weight is 967 g/mol. The molecule has 356 valence electrons. The lowest BCUT2D eigenvalue weighted by Crippen LogP contribution is -2.29. The molecule has 8 bridgehead atoms. The third-order valence-corrected chi connectivity index (χ3v) is 11.8. The first-order valence-electron chi connectivity index (χ1n) is 20.9. The van der Waals surface area contributed by atoms with Crippen molar-refractivity contribution >= 4 is 45.1 Å². The lowest BCUT2D eigenvalue weighted by atomic mass is 9.93. The van der Waals surface area contributed by atoms with Gasteiger partial charge in [0, 0.05) is 35.4 Å². The standard InChI is InChI=1S/C50H34F8N6O6/c51-41-37(42(52)46(56)39(45(41)55)49(69)31(67)17-59)35-27-11-7-23(61-27)33(19-3-1-5-21(65)15-19)24-8-12-28(62-24)36(38-43(53)47(57)40(48(58)44(38)54)50(70)32(68)18-60)30-14-10-26(64-30)34(25-9-13-29(35)63-25)20-4-2-6-22(66)16-20/h1-16,31-32,49-50,65-70H,17-18,59-60H2/t31?,32?,49-,50-/m0/s1. The molecule has 70 heavy (non-hydrogen) atoms. The molecule has 20 heteroatoms. The number of phenols is 2. The summed E-state index contributed by atoms with van der Waals surface area (Å²) < 4.78 is 131. The fourth-order valence-corrected chi connectivity index (χ4v) is 8.41. The number of aliphatic hydroxyl groups excluding tert-OH is 4. The Bertz CT molecular complexity index is 3100. The summed E-state index contributed by atoms with van der Waals surface area (Å²) >= 11 is 0. The number of hydrogen-bond donors (Lipinski definition) is 8. The first-order valence-corrected chi connectivity index (χ1v) is 20.9. The first kappa shape index (κ1) is 47.4. The van der Waals surface area contributed by atoms with E-state index in [2.05, 4.69) is 20.0 Å². The molecule has 0 saturated carbocycles. The highest BCUT2D eigenvalue weighted by atomic mass is 19.2. The summed E-state index contributed by atoms with van der Waals surface area (Å²) in [5.41, 5.74) is 2.05. The van der Waals surface area contributed by atoms with E-state index in [9.17, 15) is 30.6 Å². The smallest absolute Gasteiger partial charge is 0.170 e. The van der Waals surface area contributed by atoms with Gasteiger partial charge in [0.05, 0.1) is 80.1 Å². The summed E-state index contributed by atoms with van der Waals surface area (Å²) in [6.07, 6.45) is 0.911. The molecule has 12 nitrogen and oxygen atoms in total. The molecule has 4 aromatic rings. The summed E-state index contributed by atoms with van der Waals surface area (Å²) in [5.74, 6) is -17.0. The minimum atomic E-state index is -2.51. The minimum absolute atomic E-state index is 0.00565. The number of aromatic hydroxyl groups is 2. The number of fused-ring (bicyclic) bond motifs is 4. The van der Waals surface area contributed by atoms with Crippen molar-refractivity contribution in [1.29, 1.82) is 0 Å². The Morgan fingerprint density at radius 2 is 0.686 bits per heavy atom. The van der Waals surface area contributed by atoms with E-state index >= 15 is 35.1 Å². The third-order valence-electron chi connectivity index (χ3n) is 11.8. The van der Waals surface area contributed by atoms with E-state index in [1.54, 1.807) is 0 Å². The molecule has 5 aliphatic rings. The molecule has 4 aromatic carbocycles. The topological polar surface area (TPSA) is 223 Å². The van der Waals surface area contributed by atoms with Crippen molar-refractivity contribution in [2.75, 3.05) is 13.1 Å². The Labute approximate surface area is 390 Å². The number of hydrogen-bond acceptors (Lipinski definition) is 12. The summed E-state index contributed by atoms with van der Waals surface area (Å²) in [7, 11) is 0. The zero-order chi connectivity index (χ0) is 50.0. The zero-order valence-corrected chi connectivity index (χ0v) is 35.6. The predicted octanol–water partition coefficient (Wildman–Crippen LogP) is 6.92. The van der Waals surface area contributed by atoms with Crippen LogP contribution in [-0.4, -0.2) is 78.8 Å². The second-order valence-electron chi connectivity index (χ2n) is 16.0. The van der Waals surface area contributed by atoms with Crippen LogP contribution in [0, 0.1) is 46.5 Å². The van der Waals surface area contributed by atoms with Crippen molar-refractivity contribution in [2.24, 2.45) is 31.4 Å². The van der Waals surface area contributed by atoms with Gasteiger partial charge in [0.25, 0.3) is 0 Å². The number of nitrogens with zero attached hydrogens (tertiary/aromatic N) is 4. The number of rotatable bonds is 10. The SMILES string of the molecule is NCC(O)[C@H](O)c1c(F)c(F)c(C2=C3C=CC(=N3)C(c3cccc(O)c3)=C3C=CC(=N3)C(c3c(F)c(F)c([C@@H](O)C(O)CN)c(F)c3F)=C3C=CC(=N3)C(c3cccc(O)c3)=C3C=CC2=N3)c(F)c1F. The summed E-state index contributed by atoms with van der Waals surface area (Å²) in [6, 6.07) is 10.9. The lowest BCUT2D eigenvalue weighted by molar-refractivity contribution is 0.0190. The molecule has 0 aromatic heterocycles. The van der Waals surface area contributed by atoms with Crippen molar-refractivity contribution in [1.82, 2.24) is 0 Å². The van der Waals surface area contributed by atoms with E-state index in [-0.39, 0.29) is 79.4 Å². The van der Waals surface area contributed by atoms with Crippen LogP contribution in [0.1, 0.15) is 45.6 Å². The predicted molar refractivity (Wildman–Crippen MR) is 243 cm³/mol. The van der Waals surface area contributed by atoms with Crippen molar-refractivity contribution < 1.29 is 65.8 Å². The maximum atomic E-state index is 16.6. The molecule has 2 unspecified atom stereocenters. The van der Waals surface area contributed by atoms with Crippen LogP contribution in [0.5, 0.6) is 11.5 Å². The van der Waals surface area contributed by atoms with E-state index in [1.807, 2.05) is 0 Å². The monoisotopic (exact) mass is 966 g/mol. The van der Waals surface area contributed by atoms with Crippen LogP contribution in [0.3, 0.4) is 0 Å². The van der Waals surface area contributed by atoms with Crippen molar-refractivity contribution in [3.8, 4) is 11.5 Å². The van der Waals surface area contributed by atoms with Gasteiger partial charge in [-0.15, -0.1) is 0 Å². The largest absolute Gasteiger partial charge is 0.508 e. The van der Waals surface area contributed by atoms with Gasteiger partial charge in [0.1, 0.15) is 23.7 Å². The molecule has 5 aliphatic heterocycles. The van der Waals surface area contributed by atoms with E-state index in [4.69, 9.17) is 11.5 Å². The Kier molecular flexibility index (Phi) is 12.4.